The van der Waals surface area contributed by atoms with E-state index >= 15 is 0 Å². The number of nitrogen functional groups attached to an aromatic ring is 1. The normalized spacial score (nSPS) is 10.3. The second kappa shape index (κ2) is 4.68. The minimum Gasteiger partial charge on any atom is -0.397 e. The predicted octanol–water partition coefficient (Wildman–Crippen LogP) is 2.07. The van der Waals surface area contributed by atoms with Gasteiger partial charge in [0.25, 0.3) is 0 Å². The van der Waals surface area contributed by atoms with Gasteiger partial charge in [-0.1, -0.05) is 29.5 Å². The Balaban J connectivity index is 2.14. The molecule has 0 spiro atoms. The van der Waals surface area contributed by atoms with Crippen molar-refractivity contribution >= 4 is 32.7 Å². The number of pyridine rings is 1. The van der Waals surface area contributed by atoms with Crippen LogP contribution in [0.2, 0.25) is 0 Å². The smallest absolute Gasteiger partial charge is 0.208 e. The van der Waals surface area contributed by atoms with Gasteiger partial charge in [0.15, 0.2) is 0 Å². The fraction of sp³-hybridized carbons (Fsp3) is 0. The minimum absolute atomic E-state index is 0.147. The fourth-order valence-corrected chi connectivity index (χ4v) is 2.79. The highest BCUT2D eigenvalue weighted by molar-refractivity contribution is 7.21. The molecular weight excluding hydrogens is 272 g/mol. The summed E-state index contributed by atoms with van der Waals surface area (Å²) in [4.78, 5) is 0.566. The molecule has 0 aliphatic heterocycles. The first-order chi connectivity index (χ1) is 9.69. The molecule has 98 valence electrons. The van der Waals surface area contributed by atoms with Gasteiger partial charge in [0.05, 0.1) is 5.69 Å². The molecule has 0 bridgehead atoms. The van der Waals surface area contributed by atoms with E-state index in [4.69, 9.17) is 16.4 Å². The molecule has 0 saturated heterocycles. The van der Waals surface area contributed by atoms with E-state index in [2.05, 4.69) is 16.5 Å². The van der Waals surface area contributed by atoms with Crippen LogP contribution in [0.3, 0.4) is 0 Å². The average Bonchev–Trinajstić information content (AvgIpc) is 2.84. The van der Waals surface area contributed by atoms with Crippen LogP contribution in [0, 0.1) is 16.7 Å². The van der Waals surface area contributed by atoms with Crippen molar-refractivity contribution in [3.05, 3.63) is 47.4 Å². The molecule has 6 nitrogen and oxygen atoms in total. The van der Waals surface area contributed by atoms with Gasteiger partial charge in [0.2, 0.25) is 5.13 Å². The summed E-state index contributed by atoms with van der Waals surface area (Å²) < 4.78 is 1.41. The highest BCUT2D eigenvalue weighted by Gasteiger charge is 2.12. The molecule has 0 unspecified atom stereocenters. The summed E-state index contributed by atoms with van der Waals surface area (Å²) in [5, 5.41) is 25.1. The highest BCUT2D eigenvalue weighted by Crippen LogP contribution is 2.26. The summed E-state index contributed by atoms with van der Waals surface area (Å²) in [6, 6.07) is 13.1. The Bertz CT molecular complexity index is 871. The third-order valence-corrected chi connectivity index (χ3v) is 3.68. The molecule has 4 N–H and O–H groups in total. The number of rotatable bonds is 2. The minimum atomic E-state index is 0.147. The van der Waals surface area contributed by atoms with E-state index in [1.807, 2.05) is 30.3 Å². The maximum Gasteiger partial charge on any atom is 0.208 e. The van der Waals surface area contributed by atoms with Crippen LogP contribution in [0.1, 0.15) is 5.56 Å². The van der Waals surface area contributed by atoms with E-state index < -0.39 is 0 Å². The van der Waals surface area contributed by atoms with Crippen molar-refractivity contribution in [2.45, 2.75) is 0 Å². The van der Waals surface area contributed by atoms with Gasteiger partial charge in [-0.25, -0.2) is 4.52 Å². The first kappa shape index (κ1) is 12.2. The molecule has 0 amide bonds. The van der Waals surface area contributed by atoms with Crippen molar-refractivity contribution in [2.24, 2.45) is 0 Å². The number of nitrogens with one attached hydrogen (secondary N) is 2. The maximum atomic E-state index is 9.16. The van der Waals surface area contributed by atoms with Crippen LogP contribution >= 0.6 is 11.3 Å². The van der Waals surface area contributed by atoms with Gasteiger partial charge in [-0.2, -0.15) is 5.26 Å². The molecule has 0 saturated carbocycles. The number of hydrogen-bond donors (Lipinski definition) is 3. The van der Waals surface area contributed by atoms with Crippen molar-refractivity contribution in [2.75, 3.05) is 11.1 Å². The number of benzene rings is 1. The maximum absolute atomic E-state index is 9.16. The zero-order valence-corrected chi connectivity index (χ0v) is 11.1. The van der Waals surface area contributed by atoms with E-state index in [-0.39, 0.29) is 5.49 Å². The van der Waals surface area contributed by atoms with Crippen molar-refractivity contribution in [3.8, 4) is 6.07 Å². The number of para-hydroxylation sites is 1. The van der Waals surface area contributed by atoms with Gasteiger partial charge in [-0.15, -0.1) is 5.10 Å². The van der Waals surface area contributed by atoms with Crippen LogP contribution < -0.4 is 16.5 Å². The van der Waals surface area contributed by atoms with Crippen LogP contribution in [0.5, 0.6) is 0 Å². The number of hydrogen-bond acceptors (Lipinski definition) is 6. The number of nitrogens with zero attached hydrogens (tertiary/aromatic N) is 3. The van der Waals surface area contributed by atoms with Crippen molar-refractivity contribution < 1.29 is 0 Å². The molecule has 7 heteroatoms. The molecule has 20 heavy (non-hydrogen) atoms. The second-order valence-electron chi connectivity index (χ2n) is 4.09. The fourth-order valence-electron chi connectivity index (χ4n) is 1.82. The number of fused-ring (bicyclic) bond motifs is 1. The lowest BCUT2D eigenvalue weighted by molar-refractivity contribution is 0.876. The van der Waals surface area contributed by atoms with Gasteiger partial charge >= 0.3 is 0 Å². The lowest BCUT2D eigenvalue weighted by Gasteiger charge is -1.99. The third-order valence-electron chi connectivity index (χ3n) is 2.74. The van der Waals surface area contributed by atoms with Gasteiger partial charge < -0.3 is 11.1 Å². The molecule has 0 aliphatic rings. The molecule has 0 radical (unpaired) electrons. The van der Waals surface area contributed by atoms with Gasteiger partial charge in [0, 0.05) is 11.8 Å². The standard InChI is InChI=1S/C13H10N6S/c14-7-9-10(15)6-11(16)19-12(9)20-13(18-19)17-8-4-2-1-3-5-8/h1-6,16H,15H2,(H,17,18). The van der Waals surface area contributed by atoms with Crippen LogP contribution in [0.15, 0.2) is 36.4 Å². The summed E-state index contributed by atoms with van der Waals surface area (Å²) in [6.07, 6.45) is 0. The molecule has 0 fully saturated rings. The SMILES string of the molecule is N#Cc1c(N)cc(=N)n2nc(Nc3ccccc3)sc12. The Morgan fingerprint density at radius 2 is 2.10 bits per heavy atom. The second-order valence-corrected chi connectivity index (χ2v) is 5.06. The summed E-state index contributed by atoms with van der Waals surface area (Å²) in [7, 11) is 0. The summed E-state index contributed by atoms with van der Waals surface area (Å²) in [6.45, 7) is 0. The molecule has 2 heterocycles. The number of nitriles is 1. The largest absolute Gasteiger partial charge is 0.397 e. The van der Waals surface area contributed by atoms with Gasteiger partial charge in [-0.05, 0) is 12.1 Å². The summed E-state index contributed by atoms with van der Waals surface area (Å²) in [5.41, 5.74) is 7.45. The van der Waals surface area contributed by atoms with Crippen molar-refractivity contribution in [1.29, 1.82) is 10.7 Å². The van der Waals surface area contributed by atoms with Crippen LogP contribution in [-0.4, -0.2) is 9.61 Å². The number of anilines is 3. The average molecular weight is 282 g/mol. The predicted molar refractivity (Wildman–Crippen MR) is 77.8 cm³/mol. The van der Waals surface area contributed by atoms with E-state index in [0.29, 0.717) is 21.2 Å². The highest BCUT2D eigenvalue weighted by atomic mass is 32.1. The van der Waals surface area contributed by atoms with Crippen LogP contribution in [0.4, 0.5) is 16.5 Å². The van der Waals surface area contributed by atoms with Crippen molar-refractivity contribution in [1.82, 2.24) is 9.61 Å². The first-order valence-corrected chi connectivity index (χ1v) is 6.60. The molecule has 2 aromatic heterocycles. The van der Waals surface area contributed by atoms with E-state index in [9.17, 15) is 0 Å². The van der Waals surface area contributed by atoms with Gasteiger partial charge in [0.1, 0.15) is 22.0 Å². The molecule has 3 aromatic rings. The Kier molecular flexibility index (Phi) is 2.85. The zero-order chi connectivity index (χ0) is 14.1. The quantitative estimate of drug-likeness (QED) is 0.669. The monoisotopic (exact) mass is 282 g/mol. The van der Waals surface area contributed by atoms with E-state index in [1.165, 1.54) is 21.9 Å². The molecule has 1 aromatic carbocycles. The molecule has 0 aliphatic carbocycles. The Morgan fingerprint density at radius 1 is 1.35 bits per heavy atom. The lowest BCUT2D eigenvalue weighted by Crippen LogP contribution is -2.15. The van der Waals surface area contributed by atoms with Crippen molar-refractivity contribution in [3.63, 3.8) is 0 Å². The molecule has 0 atom stereocenters. The summed E-state index contributed by atoms with van der Waals surface area (Å²) in [5.74, 6) is 0. The Morgan fingerprint density at radius 3 is 2.80 bits per heavy atom. The Labute approximate surface area is 118 Å². The zero-order valence-electron chi connectivity index (χ0n) is 10.3. The van der Waals surface area contributed by atoms with E-state index in [0.717, 1.165) is 5.69 Å². The third kappa shape index (κ3) is 1.98. The van der Waals surface area contributed by atoms with Crippen LogP contribution in [-0.2, 0) is 0 Å². The topological polar surface area (TPSA) is 103 Å². The lowest BCUT2D eigenvalue weighted by atomic mass is 10.2. The van der Waals surface area contributed by atoms with Gasteiger partial charge in [-0.3, -0.25) is 5.41 Å². The van der Waals surface area contributed by atoms with Crippen LogP contribution in [0.25, 0.3) is 4.83 Å². The molecular formula is C13H10N6S. The number of aromatic nitrogens is 2. The first-order valence-electron chi connectivity index (χ1n) is 5.78. The number of nitrogens with two attached hydrogens (primary N) is 1. The Hall–Kier alpha value is -2.85. The molecule has 3 rings (SSSR count). The van der Waals surface area contributed by atoms with E-state index in [1.54, 1.807) is 0 Å². The summed E-state index contributed by atoms with van der Waals surface area (Å²) >= 11 is 1.29.